The van der Waals surface area contributed by atoms with Crippen LogP contribution < -0.4 is 4.72 Å². The lowest BCUT2D eigenvalue weighted by atomic mass is 10.2. The van der Waals surface area contributed by atoms with E-state index in [1.165, 1.54) is 0 Å². The van der Waals surface area contributed by atoms with Gasteiger partial charge < -0.3 is 4.57 Å². The van der Waals surface area contributed by atoms with Crippen LogP contribution in [0, 0.1) is 11.6 Å². The zero-order valence-electron chi connectivity index (χ0n) is 13.8. The number of aryl methyl sites for hydroxylation is 1. The van der Waals surface area contributed by atoms with E-state index in [4.69, 9.17) is 0 Å². The first kappa shape index (κ1) is 18.2. The normalized spacial score (nSPS) is 11.6. The fourth-order valence-corrected chi connectivity index (χ4v) is 3.61. The Kier molecular flexibility index (Phi) is 5.43. The summed E-state index contributed by atoms with van der Waals surface area (Å²) in [5.41, 5.74) is 0.972. The van der Waals surface area contributed by atoms with Gasteiger partial charge in [-0.05, 0) is 24.6 Å². The lowest BCUT2D eigenvalue weighted by molar-refractivity contribution is 0.504. The Labute approximate surface area is 150 Å². The first-order chi connectivity index (χ1) is 12.5. The molecule has 2 aromatic carbocycles. The molecule has 8 heteroatoms. The van der Waals surface area contributed by atoms with Crippen LogP contribution in [0.25, 0.3) is 11.4 Å². The second kappa shape index (κ2) is 7.76. The number of nitrogens with zero attached hydrogens (tertiary/aromatic N) is 2. The van der Waals surface area contributed by atoms with Crippen LogP contribution in [0.1, 0.15) is 6.42 Å². The van der Waals surface area contributed by atoms with Crippen molar-refractivity contribution in [3.63, 3.8) is 0 Å². The molecule has 5 nitrogen and oxygen atoms in total. The fraction of sp³-hybridized carbons (Fsp3) is 0.167. The third kappa shape index (κ3) is 4.14. The fourth-order valence-electron chi connectivity index (χ4n) is 2.52. The van der Waals surface area contributed by atoms with Gasteiger partial charge in [-0.25, -0.2) is 26.9 Å². The van der Waals surface area contributed by atoms with Crippen molar-refractivity contribution in [2.75, 3.05) is 6.54 Å². The molecule has 136 valence electrons. The Morgan fingerprint density at radius 2 is 1.81 bits per heavy atom. The van der Waals surface area contributed by atoms with Crippen molar-refractivity contribution in [2.45, 2.75) is 17.9 Å². The second-order valence-corrected chi connectivity index (χ2v) is 7.40. The smallest absolute Gasteiger partial charge is 0.240 e. The van der Waals surface area contributed by atoms with Gasteiger partial charge in [0.15, 0.2) is 11.6 Å². The minimum atomic E-state index is -3.88. The van der Waals surface area contributed by atoms with Crippen LogP contribution in [-0.4, -0.2) is 24.5 Å². The first-order valence-electron chi connectivity index (χ1n) is 7.98. The molecule has 0 fully saturated rings. The van der Waals surface area contributed by atoms with Gasteiger partial charge in [-0.2, -0.15) is 0 Å². The van der Waals surface area contributed by atoms with Gasteiger partial charge in [-0.15, -0.1) is 0 Å². The summed E-state index contributed by atoms with van der Waals surface area (Å²) in [6, 6.07) is 12.2. The molecule has 0 aliphatic carbocycles. The van der Waals surface area contributed by atoms with Crippen LogP contribution in [-0.2, 0) is 16.6 Å². The van der Waals surface area contributed by atoms with Gasteiger partial charge in [0.2, 0.25) is 10.0 Å². The molecule has 1 aromatic heterocycles. The maximum atomic E-state index is 13.2. The van der Waals surface area contributed by atoms with Crippen LogP contribution in [0.15, 0.2) is 65.8 Å². The van der Waals surface area contributed by atoms with Crippen molar-refractivity contribution in [1.29, 1.82) is 0 Å². The molecule has 1 N–H and O–H groups in total. The summed E-state index contributed by atoms with van der Waals surface area (Å²) in [5.74, 6) is -1.48. The zero-order chi connectivity index (χ0) is 18.6. The van der Waals surface area contributed by atoms with Gasteiger partial charge in [-0.3, -0.25) is 0 Å². The number of halogens is 2. The van der Waals surface area contributed by atoms with Gasteiger partial charge in [-0.1, -0.05) is 30.3 Å². The summed E-state index contributed by atoms with van der Waals surface area (Å²) in [4.78, 5) is 4.02. The van der Waals surface area contributed by atoms with E-state index in [0.29, 0.717) is 19.0 Å². The number of sulfonamides is 1. The molecule has 3 aromatic rings. The molecule has 0 radical (unpaired) electrons. The molecular formula is C18H17F2N3O2S. The van der Waals surface area contributed by atoms with Crippen molar-refractivity contribution in [3.8, 4) is 11.4 Å². The lowest BCUT2D eigenvalue weighted by Gasteiger charge is -2.10. The van der Waals surface area contributed by atoms with E-state index in [-0.39, 0.29) is 11.4 Å². The van der Waals surface area contributed by atoms with E-state index in [2.05, 4.69) is 9.71 Å². The van der Waals surface area contributed by atoms with Crippen LogP contribution in [0.2, 0.25) is 0 Å². The van der Waals surface area contributed by atoms with Gasteiger partial charge in [0, 0.05) is 31.0 Å². The SMILES string of the molecule is O=S(=O)(NCCCn1ccnc1-c1ccccc1)c1ccc(F)c(F)c1. The van der Waals surface area contributed by atoms with Crippen molar-refractivity contribution < 1.29 is 17.2 Å². The quantitative estimate of drug-likeness (QED) is 0.643. The summed E-state index contributed by atoms with van der Waals surface area (Å²) >= 11 is 0. The number of nitrogens with one attached hydrogen (secondary N) is 1. The number of rotatable bonds is 7. The highest BCUT2D eigenvalue weighted by molar-refractivity contribution is 7.89. The first-order valence-corrected chi connectivity index (χ1v) is 9.47. The Hall–Kier alpha value is -2.58. The Balaban J connectivity index is 1.59. The minimum Gasteiger partial charge on any atom is -0.331 e. The van der Waals surface area contributed by atoms with Crippen molar-refractivity contribution >= 4 is 10.0 Å². The van der Waals surface area contributed by atoms with E-state index < -0.39 is 21.7 Å². The molecular weight excluding hydrogens is 360 g/mol. The number of hydrogen-bond donors (Lipinski definition) is 1. The number of imidazole rings is 1. The zero-order valence-corrected chi connectivity index (χ0v) is 14.6. The highest BCUT2D eigenvalue weighted by atomic mass is 32.2. The third-order valence-corrected chi connectivity index (χ3v) is 5.28. The van der Waals surface area contributed by atoms with Crippen molar-refractivity contribution in [2.24, 2.45) is 0 Å². The van der Waals surface area contributed by atoms with E-state index in [9.17, 15) is 17.2 Å². The van der Waals surface area contributed by atoms with E-state index in [1.807, 2.05) is 41.1 Å². The molecule has 0 unspecified atom stereocenters. The predicted molar refractivity (Wildman–Crippen MR) is 93.8 cm³/mol. The van der Waals surface area contributed by atoms with Crippen LogP contribution in [0.5, 0.6) is 0 Å². The Bertz CT molecular complexity index is 989. The maximum Gasteiger partial charge on any atom is 0.240 e. The molecule has 0 saturated carbocycles. The molecule has 0 saturated heterocycles. The second-order valence-electron chi connectivity index (χ2n) is 5.64. The summed E-state index contributed by atoms with van der Waals surface area (Å²) in [5, 5.41) is 0. The summed E-state index contributed by atoms with van der Waals surface area (Å²) in [7, 11) is -3.88. The van der Waals surface area contributed by atoms with Gasteiger partial charge in [0.05, 0.1) is 4.90 Å². The van der Waals surface area contributed by atoms with E-state index in [0.717, 1.165) is 23.5 Å². The van der Waals surface area contributed by atoms with Gasteiger partial charge >= 0.3 is 0 Å². The third-order valence-electron chi connectivity index (χ3n) is 3.82. The molecule has 3 rings (SSSR count). The highest BCUT2D eigenvalue weighted by Crippen LogP contribution is 2.17. The summed E-state index contributed by atoms with van der Waals surface area (Å²) in [6.45, 7) is 0.721. The lowest BCUT2D eigenvalue weighted by Crippen LogP contribution is -2.25. The van der Waals surface area contributed by atoms with Crippen LogP contribution in [0.3, 0.4) is 0 Å². The number of aromatic nitrogens is 2. The van der Waals surface area contributed by atoms with E-state index in [1.54, 1.807) is 6.20 Å². The number of hydrogen-bond acceptors (Lipinski definition) is 3. The van der Waals surface area contributed by atoms with Crippen molar-refractivity contribution in [1.82, 2.24) is 14.3 Å². The predicted octanol–water partition coefficient (Wildman–Crippen LogP) is 3.20. The standard InChI is InChI=1S/C18H17F2N3O2S/c19-16-8-7-15(13-17(16)20)26(24,25)22-9-4-11-23-12-10-21-18(23)14-5-2-1-3-6-14/h1-3,5-8,10,12-13,22H,4,9,11H2. The molecule has 1 heterocycles. The monoisotopic (exact) mass is 377 g/mol. The molecule has 26 heavy (non-hydrogen) atoms. The molecule has 0 bridgehead atoms. The largest absolute Gasteiger partial charge is 0.331 e. The topological polar surface area (TPSA) is 64.0 Å². The molecule has 0 atom stereocenters. The Morgan fingerprint density at radius 1 is 1.04 bits per heavy atom. The van der Waals surface area contributed by atoms with Crippen LogP contribution >= 0.6 is 0 Å². The summed E-state index contributed by atoms with van der Waals surface area (Å²) in [6.07, 6.45) is 4.03. The highest BCUT2D eigenvalue weighted by Gasteiger charge is 2.16. The van der Waals surface area contributed by atoms with Crippen molar-refractivity contribution in [3.05, 3.63) is 72.6 Å². The molecule has 0 aliphatic heterocycles. The average molecular weight is 377 g/mol. The van der Waals surface area contributed by atoms with Crippen LogP contribution in [0.4, 0.5) is 8.78 Å². The van der Waals surface area contributed by atoms with Gasteiger partial charge in [0.25, 0.3) is 0 Å². The van der Waals surface area contributed by atoms with E-state index >= 15 is 0 Å². The number of benzene rings is 2. The average Bonchev–Trinajstić information content (AvgIpc) is 3.10. The Morgan fingerprint density at radius 3 is 2.54 bits per heavy atom. The minimum absolute atomic E-state index is 0.160. The van der Waals surface area contributed by atoms with Gasteiger partial charge in [0.1, 0.15) is 5.82 Å². The molecule has 0 aliphatic rings. The maximum absolute atomic E-state index is 13.2. The molecule has 0 amide bonds. The molecule has 0 spiro atoms. The summed E-state index contributed by atoms with van der Waals surface area (Å²) < 4.78 is 54.7.